The van der Waals surface area contributed by atoms with Crippen molar-refractivity contribution in [2.75, 3.05) is 0 Å². The van der Waals surface area contributed by atoms with Crippen LogP contribution in [-0.4, -0.2) is 9.97 Å². The summed E-state index contributed by atoms with van der Waals surface area (Å²) in [6, 6.07) is 8.86. The maximum Gasteiger partial charge on any atom is 0.159 e. The summed E-state index contributed by atoms with van der Waals surface area (Å²) in [6.07, 6.45) is 29.8. The maximum atomic E-state index is 4.64. The molecular weight excluding hydrogens is 400 g/mol. The van der Waals surface area contributed by atoms with Gasteiger partial charge in [-0.05, 0) is 36.8 Å². The molecule has 0 saturated carbocycles. The molecule has 33 heavy (non-hydrogen) atoms. The summed E-state index contributed by atoms with van der Waals surface area (Å²) >= 11 is 0. The van der Waals surface area contributed by atoms with Gasteiger partial charge >= 0.3 is 0 Å². The largest absolute Gasteiger partial charge is 0.236 e. The summed E-state index contributed by atoms with van der Waals surface area (Å²) in [5, 5.41) is 0. The zero-order chi connectivity index (χ0) is 23.4. The smallest absolute Gasteiger partial charge is 0.159 e. The van der Waals surface area contributed by atoms with E-state index in [1.54, 1.807) is 0 Å². The molecule has 0 amide bonds. The molecule has 0 atom stereocenters. The van der Waals surface area contributed by atoms with Crippen molar-refractivity contribution in [1.29, 1.82) is 0 Å². The fourth-order valence-electron chi connectivity index (χ4n) is 4.56. The quantitative estimate of drug-likeness (QED) is 0.187. The first kappa shape index (κ1) is 27.5. The number of nitrogens with zero attached hydrogens (tertiary/aromatic N) is 2. The van der Waals surface area contributed by atoms with E-state index in [-0.39, 0.29) is 0 Å². The Kier molecular flexibility index (Phi) is 15.6. The van der Waals surface area contributed by atoms with Crippen molar-refractivity contribution < 1.29 is 0 Å². The Labute approximate surface area is 205 Å². The highest BCUT2D eigenvalue weighted by Gasteiger charge is 2.03. The van der Waals surface area contributed by atoms with E-state index in [0.717, 1.165) is 17.8 Å². The highest BCUT2D eigenvalue weighted by molar-refractivity contribution is 5.55. The molecule has 1 aromatic heterocycles. The predicted molar refractivity (Wildman–Crippen MR) is 145 cm³/mol. The normalized spacial score (nSPS) is 11.2. The van der Waals surface area contributed by atoms with E-state index in [0.29, 0.717) is 0 Å². The molecule has 2 nitrogen and oxygen atoms in total. The third-order valence-corrected chi connectivity index (χ3v) is 6.81. The monoisotopic (exact) mass is 450 g/mol. The number of hydrogen-bond acceptors (Lipinski definition) is 2. The first-order chi connectivity index (χ1) is 16.3. The van der Waals surface area contributed by atoms with E-state index in [1.165, 1.54) is 127 Å². The van der Waals surface area contributed by atoms with Crippen LogP contribution in [0, 0.1) is 0 Å². The number of hydrogen-bond donors (Lipinski definition) is 0. The van der Waals surface area contributed by atoms with Crippen LogP contribution < -0.4 is 0 Å². The van der Waals surface area contributed by atoms with Crippen LogP contribution in [-0.2, 0) is 12.8 Å². The van der Waals surface area contributed by atoms with Gasteiger partial charge in [0.2, 0.25) is 0 Å². The van der Waals surface area contributed by atoms with Crippen molar-refractivity contribution in [2.45, 2.75) is 136 Å². The molecule has 0 aliphatic rings. The van der Waals surface area contributed by atoms with Gasteiger partial charge in [-0.3, -0.25) is 0 Å². The Balaban J connectivity index is 1.55. The molecule has 1 heterocycles. The fraction of sp³-hybridized carbons (Fsp3) is 0.677. The highest BCUT2D eigenvalue weighted by atomic mass is 14.9. The van der Waals surface area contributed by atoms with Gasteiger partial charge in [0.1, 0.15) is 0 Å². The van der Waals surface area contributed by atoms with Gasteiger partial charge in [0.15, 0.2) is 5.82 Å². The Morgan fingerprint density at radius 1 is 0.455 bits per heavy atom. The van der Waals surface area contributed by atoms with Crippen LogP contribution in [0.4, 0.5) is 0 Å². The van der Waals surface area contributed by atoms with E-state index < -0.39 is 0 Å². The van der Waals surface area contributed by atoms with Gasteiger partial charge in [-0.1, -0.05) is 134 Å². The van der Waals surface area contributed by atoms with Crippen LogP contribution >= 0.6 is 0 Å². The topological polar surface area (TPSA) is 25.8 Å². The lowest BCUT2D eigenvalue weighted by Crippen LogP contribution is -1.94. The zero-order valence-corrected chi connectivity index (χ0v) is 21.8. The van der Waals surface area contributed by atoms with Crippen LogP contribution in [0.25, 0.3) is 11.4 Å². The lowest BCUT2D eigenvalue weighted by Gasteiger charge is -2.06. The van der Waals surface area contributed by atoms with E-state index >= 15 is 0 Å². The molecule has 0 saturated heterocycles. The SMILES string of the molecule is CCCCCCCCCCCCCCc1cnc(-c2ccc(CCCCCCC)cc2)nc1. The molecule has 2 aromatic rings. The van der Waals surface area contributed by atoms with Crippen LogP contribution in [0.1, 0.15) is 134 Å². The van der Waals surface area contributed by atoms with Crippen molar-refractivity contribution in [2.24, 2.45) is 0 Å². The molecule has 0 bridgehead atoms. The lowest BCUT2D eigenvalue weighted by molar-refractivity contribution is 0.544. The molecule has 184 valence electrons. The third kappa shape index (κ3) is 12.9. The van der Waals surface area contributed by atoms with Crippen molar-refractivity contribution in [3.8, 4) is 11.4 Å². The second-order valence-corrected chi connectivity index (χ2v) is 9.92. The van der Waals surface area contributed by atoms with E-state index in [1.807, 2.05) is 12.4 Å². The zero-order valence-electron chi connectivity index (χ0n) is 21.8. The van der Waals surface area contributed by atoms with Crippen LogP contribution in [0.15, 0.2) is 36.7 Å². The Morgan fingerprint density at radius 3 is 1.30 bits per heavy atom. The van der Waals surface area contributed by atoms with Crippen molar-refractivity contribution in [1.82, 2.24) is 9.97 Å². The van der Waals surface area contributed by atoms with Gasteiger partial charge < -0.3 is 0 Å². The van der Waals surface area contributed by atoms with Gasteiger partial charge in [0.25, 0.3) is 0 Å². The second-order valence-electron chi connectivity index (χ2n) is 9.92. The van der Waals surface area contributed by atoms with Crippen LogP contribution in [0.3, 0.4) is 0 Å². The van der Waals surface area contributed by atoms with Crippen molar-refractivity contribution in [3.05, 3.63) is 47.8 Å². The number of unbranched alkanes of at least 4 members (excludes halogenated alkanes) is 15. The van der Waals surface area contributed by atoms with Gasteiger partial charge in [-0.15, -0.1) is 0 Å². The molecule has 0 radical (unpaired) electrons. The minimum Gasteiger partial charge on any atom is -0.236 e. The first-order valence-corrected chi connectivity index (χ1v) is 14.2. The minimum atomic E-state index is 0.850. The van der Waals surface area contributed by atoms with E-state index in [4.69, 9.17) is 0 Å². The number of aromatic nitrogens is 2. The Morgan fingerprint density at radius 2 is 0.848 bits per heavy atom. The van der Waals surface area contributed by atoms with E-state index in [2.05, 4.69) is 48.1 Å². The summed E-state index contributed by atoms with van der Waals surface area (Å²) in [6.45, 7) is 4.56. The summed E-state index contributed by atoms with van der Waals surface area (Å²) in [7, 11) is 0. The highest BCUT2D eigenvalue weighted by Crippen LogP contribution is 2.18. The molecule has 0 spiro atoms. The van der Waals surface area contributed by atoms with Crippen LogP contribution in [0.5, 0.6) is 0 Å². The van der Waals surface area contributed by atoms with Crippen LogP contribution in [0.2, 0.25) is 0 Å². The fourth-order valence-corrected chi connectivity index (χ4v) is 4.56. The third-order valence-electron chi connectivity index (χ3n) is 6.81. The average Bonchev–Trinajstić information content (AvgIpc) is 2.85. The average molecular weight is 451 g/mol. The molecule has 2 rings (SSSR count). The molecule has 1 aromatic carbocycles. The Hall–Kier alpha value is -1.70. The first-order valence-electron chi connectivity index (χ1n) is 14.2. The molecule has 0 unspecified atom stereocenters. The van der Waals surface area contributed by atoms with Gasteiger partial charge in [0.05, 0.1) is 0 Å². The minimum absolute atomic E-state index is 0.850. The molecule has 0 fully saturated rings. The number of rotatable bonds is 20. The van der Waals surface area contributed by atoms with Gasteiger partial charge in [-0.2, -0.15) is 0 Å². The standard InChI is InChI=1S/C31H50N2/c1-3-5-7-9-10-11-12-13-14-15-17-19-21-29-26-32-31(33-27-29)30-24-22-28(23-25-30)20-18-16-8-6-4-2/h22-27H,3-21H2,1-2H3. The van der Waals surface area contributed by atoms with Gasteiger partial charge in [-0.25, -0.2) is 9.97 Å². The number of aryl methyl sites for hydroxylation is 2. The predicted octanol–water partition coefficient (Wildman–Crippen LogP) is 9.90. The van der Waals surface area contributed by atoms with E-state index in [9.17, 15) is 0 Å². The summed E-state index contributed by atoms with van der Waals surface area (Å²) in [5.41, 5.74) is 3.83. The summed E-state index contributed by atoms with van der Waals surface area (Å²) in [5.74, 6) is 0.850. The second kappa shape index (κ2) is 18.7. The van der Waals surface area contributed by atoms with Gasteiger partial charge in [0, 0.05) is 18.0 Å². The molecular formula is C31H50N2. The Bertz CT molecular complexity index is 690. The molecule has 0 aliphatic carbocycles. The summed E-state index contributed by atoms with van der Waals surface area (Å²) < 4.78 is 0. The lowest BCUT2D eigenvalue weighted by atomic mass is 10.0. The van der Waals surface area contributed by atoms with Crippen molar-refractivity contribution in [3.63, 3.8) is 0 Å². The summed E-state index contributed by atoms with van der Waals surface area (Å²) in [4.78, 5) is 9.28. The molecule has 2 heteroatoms. The van der Waals surface area contributed by atoms with Crippen molar-refractivity contribution >= 4 is 0 Å². The maximum absolute atomic E-state index is 4.64. The number of benzene rings is 1. The molecule has 0 aliphatic heterocycles. The molecule has 0 N–H and O–H groups in total.